The first-order chi connectivity index (χ1) is 11.0. The predicted molar refractivity (Wildman–Crippen MR) is 98.4 cm³/mol. The van der Waals surface area contributed by atoms with Crippen LogP contribution in [-0.4, -0.2) is 48.4 Å². The molecular formula is C18H28ClN3O2. The monoisotopic (exact) mass is 353 g/mol. The number of aryl methyl sites for hydroxylation is 2. The van der Waals surface area contributed by atoms with Gasteiger partial charge < -0.3 is 15.5 Å². The largest absolute Gasteiger partial charge is 0.347 e. The number of hydrogen-bond donors (Lipinski definition) is 2. The van der Waals surface area contributed by atoms with Crippen LogP contribution in [-0.2, 0) is 16.0 Å². The van der Waals surface area contributed by atoms with Crippen molar-refractivity contribution in [3.63, 3.8) is 0 Å². The third-order valence-corrected chi connectivity index (χ3v) is 4.55. The summed E-state index contributed by atoms with van der Waals surface area (Å²) in [4.78, 5) is 26.0. The minimum atomic E-state index is -0.0743. The number of hydrogen-bond acceptors (Lipinski definition) is 3. The van der Waals surface area contributed by atoms with Gasteiger partial charge in [-0.25, -0.2) is 0 Å². The van der Waals surface area contributed by atoms with Crippen LogP contribution >= 0.6 is 12.4 Å². The number of rotatable bonds is 5. The van der Waals surface area contributed by atoms with E-state index in [9.17, 15) is 9.59 Å². The Hall–Kier alpha value is -1.59. The summed E-state index contributed by atoms with van der Waals surface area (Å²) in [5.74, 6) is -0.0794. The summed E-state index contributed by atoms with van der Waals surface area (Å²) in [5, 5.41) is 6.09. The maximum absolute atomic E-state index is 12.3. The number of nitrogens with zero attached hydrogens (tertiary/aromatic N) is 1. The summed E-state index contributed by atoms with van der Waals surface area (Å²) < 4.78 is 0. The number of carbonyl (C=O) groups is 2. The number of benzene rings is 1. The van der Waals surface area contributed by atoms with E-state index in [4.69, 9.17) is 0 Å². The molecule has 0 saturated carbocycles. The van der Waals surface area contributed by atoms with Crippen molar-refractivity contribution in [2.45, 2.75) is 45.7 Å². The SMILES string of the molecule is Cc1ccc(CCC(=O)NCC(=O)N2CCNC(C)C2C)cc1.Cl. The van der Waals surface area contributed by atoms with Crippen LogP contribution in [0.3, 0.4) is 0 Å². The first kappa shape index (κ1) is 20.5. The first-order valence-corrected chi connectivity index (χ1v) is 8.32. The van der Waals surface area contributed by atoms with Crippen molar-refractivity contribution in [2.75, 3.05) is 19.6 Å². The number of piperazine rings is 1. The van der Waals surface area contributed by atoms with E-state index >= 15 is 0 Å². The van der Waals surface area contributed by atoms with Gasteiger partial charge in [0, 0.05) is 31.6 Å². The second-order valence-corrected chi connectivity index (χ2v) is 6.33. The molecule has 5 nitrogen and oxygen atoms in total. The second kappa shape index (κ2) is 9.64. The maximum Gasteiger partial charge on any atom is 0.242 e. The number of nitrogens with one attached hydrogen (secondary N) is 2. The first-order valence-electron chi connectivity index (χ1n) is 8.32. The Labute approximate surface area is 150 Å². The van der Waals surface area contributed by atoms with Crippen LogP contribution in [0.1, 0.15) is 31.4 Å². The molecule has 0 spiro atoms. The van der Waals surface area contributed by atoms with Crippen molar-refractivity contribution < 1.29 is 9.59 Å². The van der Waals surface area contributed by atoms with E-state index in [2.05, 4.69) is 17.6 Å². The van der Waals surface area contributed by atoms with Crippen LogP contribution < -0.4 is 10.6 Å². The lowest BCUT2D eigenvalue weighted by atomic mass is 10.1. The lowest BCUT2D eigenvalue weighted by molar-refractivity contribution is -0.135. The fourth-order valence-corrected chi connectivity index (χ4v) is 2.79. The molecule has 1 aromatic rings. The lowest BCUT2D eigenvalue weighted by Crippen LogP contribution is -2.58. The summed E-state index contributed by atoms with van der Waals surface area (Å²) >= 11 is 0. The molecule has 1 aliphatic rings. The van der Waals surface area contributed by atoms with E-state index in [1.165, 1.54) is 5.56 Å². The Morgan fingerprint density at radius 3 is 2.58 bits per heavy atom. The molecular weight excluding hydrogens is 326 g/mol. The molecule has 2 atom stereocenters. The average molecular weight is 354 g/mol. The van der Waals surface area contributed by atoms with Gasteiger partial charge in [0.25, 0.3) is 0 Å². The Balaban J connectivity index is 0.00000288. The van der Waals surface area contributed by atoms with E-state index in [0.29, 0.717) is 19.4 Å². The molecule has 0 bridgehead atoms. The predicted octanol–water partition coefficient (Wildman–Crippen LogP) is 1.67. The summed E-state index contributed by atoms with van der Waals surface area (Å²) in [7, 11) is 0. The average Bonchev–Trinajstić information content (AvgIpc) is 2.54. The zero-order chi connectivity index (χ0) is 16.8. The summed E-state index contributed by atoms with van der Waals surface area (Å²) in [6, 6.07) is 8.60. The molecule has 0 aliphatic carbocycles. The minimum Gasteiger partial charge on any atom is -0.347 e. The number of halogens is 1. The van der Waals surface area contributed by atoms with Gasteiger partial charge in [0.2, 0.25) is 11.8 Å². The van der Waals surface area contributed by atoms with Crippen molar-refractivity contribution in [1.82, 2.24) is 15.5 Å². The molecule has 0 aromatic heterocycles. The van der Waals surface area contributed by atoms with Gasteiger partial charge >= 0.3 is 0 Å². The molecule has 2 N–H and O–H groups in total. The van der Waals surface area contributed by atoms with Gasteiger partial charge in [-0.2, -0.15) is 0 Å². The van der Waals surface area contributed by atoms with Crippen LogP contribution in [0.25, 0.3) is 0 Å². The fraction of sp³-hybridized carbons (Fsp3) is 0.556. The van der Waals surface area contributed by atoms with Gasteiger partial charge in [-0.05, 0) is 32.8 Å². The standard InChI is InChI=1S/C18H27N3O2.ClH/c1-13-4-6-16(7-5-13)8-9-17(22)20-12-18(23)21-11-10-19-14(2)15(21)3;/h4-7,14-15,19H,8-12H2,1-3H3,(H,20,22);1H. The zero-order valence-corrected chi connectivity index (χ0v) is 15.5. The fourth-order valence-electron chi connectivity index (χ4n) is 2.79. The topological polar surface area (TPSA) is 61.4 Å². The quantitative estimate of drug-likeness (QED) is 0.846. The Bertz CT molecular complexity index is 548. The highest BCUT2D eigenvalue weighted by Gasteiger charge is 2.27. The third kappa shape index (κ3) is 5.80. The van der Waals surface area contributed by atoms with Gasteiger partial charge in [-0.15, -0.1) is 12.4 Å². The normalized spacial score (nSPS) is 20.2. The maximum atomic E-state index is 12.3. The Morgan fingerprint density at radius 2 is 1.92 bits per heavy atom. The van der Waals surface area contributed by atoms with Crippen LogP contribution in [0, 0.1) is 6.92 Å². The van der Waals surface area contributed by atoms with Gasteiger partial charge in [-0.1, -0.05) is 29.8 Å². The highest BCUT2D eigenvalue weighted by atomic mass is 35.5. The molecule has 1 fully saturated rings. The molecule has 1 saturated heterocycles. The second-order valence-electron chi connectivity index (χ2n) is 6.33. The summed E-state index contributed by atoms with van der Waals surface area (Å²) in [6.45, 7) is 7.74. The van der Waals surface area contributed by atoms with Crippen molar-refractivity contribution in [1.29, 1.82) is 0 Å². The summed E-state index contributed by atoms with van der Waals surface area (Å²) in [6.07, 6.45) is 1.10. The van der Waals surface area contributed by atoms with E-state index < -0.39 is 0 Å². The van der Waals surface area contributed by atoms with E-state index in [0.717, 1.165) is 12.1 Å². The van der Waals surface area contributed by atoms with Crippen molar-refractivity contribution in [3.05, 3.63) is 35.4 Å². The molecule has 2 amide bonds. The van der Waals surface area contributed by atoms with Crippen molar-refractivity contribution >= 4 is 24.2 Å². The van der Waals surface area contributed by atoms with E-state index in [1.54, 1.807) is 0 Å². The van der Waals surface area contributed by atoms with E-state index in [1.807, 2.05) is 43.0 Å². The molecule has 2 rings (SSSR count). The molecule has 1 heterocycles. The minimum absolute atomic E-state index is 0. The van der Waals surface area contributed by atoms with Crippen molar-refractivity contribution in [2.24, 2.45) is 0 Å². The van der Waals surface area contributed by atoms with E-state index in [-0.39, 0.29) is 42.8 Å². The van der Waals surface area contributed by atoms with Crippen LogP contribution in [0.4, 0.5) is 0 Å². The van der Waals surface area contributed by atoms with Crippen LogP contribution in [0.2, 0.25) is 0 Å². The number of carbonyl (C=O) groups excluding carboxylic acids is 2. The van der Waals surface area contributed by atoms with Gasteiger partial charge in [0.1, 0.15) is 0 Å². The molecule has 24 heavy (non-hydrogen) atoms. The molecule has 0 radical (unpaired) electrons. The summed E-state index contributed by atoms with van der Waals surface area (Å²) in [5.41, 5.74) is 2.35. The molecule has 6 heteroatoms. The van der Waals surface area contributed by atoms with Gasteiger partial charge in [-0.3, -0.25) is 9.59 Å². The van der Waals surface area contributed by atoms with Crippen LogP contribution in [0.15, 0.2) is 24.3 Å². The smallest absolute Gasteiger partial charge is 0.242 e. The van der Waals surface area contributed by atoms with Crippen LogP contribution in [0.5, 0.6) is 0 Å². The highest BCUT2D eigenvalue weighted by Crippen LogP contribution is 2.09. The highest BCUT2D eigenvalue weighted by molar-refractivity contribution is 5.85. The van der Waals surface area contributed by atoms with Gasteiger partial charge in [0.05, 0.1) is 6.54 Å². The molecule has 2 unspecified atom stereocenters. The molecule has 1 aromatic carbocycles. The molecule has 134 valence electrons. The number of amides is 2. The molecule has 1 aliphatic heterocycles. The third-order valence-electron chi connectivity index (χ3n) is 4.55. The van der Waals surface area contributed by atoms with Gasteiger partial charge in [0.15, 0.2) is 0 Å². The lowest BCUT2D eigenvalue weighted by Gasteiger charge is -2.38. The Morgan fingerprint density at radius 1 is 1.25 bits per heavy atom. The van der Waals surface area contributed by atoms with Crippen molar-refractivity contribution in [3.8, 4) is 0 Å². The Kier molecular flexibility index (Phi) is 8.22. The zero-order valence-electron chi connectivity index (χ0n) is 14.7.